The van der Waals surface area contributed by atoms with Crippen LogP contribution in [0.5, 0.6) is 0 Å². The second-order valence-electron chi connectivity index (χ2n) is 4.64. The summed E-state index contributed by atoms with van der Waals surface area (Å²) in [5.41, 5.74) is 1.06. The van der Waals surface area contributed by atoms with Crippen LogP contribution >= 0.6 is 0 Å². The Kier molecular flexibility index (Phi) is 19.5. The molecule has 0 heterocycles. The van der Waals surface area contributed by atoms with Crippen LogP contribution in [0.3, 0.4) is 0 Å². The summed E-state index contributed by atoms with van der Waals surface area (Å²) < 4.78 is 0. The Balaban J connectivity index is 0. The number of allylic oxidation sites excluding steroid dienone is 4. The number of carbonyl (C=O) groups is 1. The third-order valence-corrected chi connectivity index (χ3v) is 2.83. The van der Waals surface area contributed by atoms with Gasteiger partial charge in [0.05, 0.1) is 0 Å². The summed E-state index contributed by atoms with van der Waals surface area (Å²) in [6.45, 7) is 9.89. The van der Waals surface area contributed by atoms with Crippen LogP contribution in [-0.2, 0) is 4.79 Å². The summed E-state index contributed by atoms with van der Waals surface area (Å²) >= 11 is 0. The summed E-state index contributed by atoms with van der Waals surface area (Å²) in [5.74, 6) is 0.0660. The predicted octanol–water partition coefficient (Wildman–Crippen LogP) is 4.50. The molecule has 0 aromatic rings. The van der Waals surface area contributed by atoms with Crippen LogP contribution in [0.1, 0.15) is 65.7 Å². The highest BCUT2D eigenvalue weighted by molar-refractivity contribution is 5.76. The Morgan fingerprint density at radius 3 is 2.24 bits per heavy atom. The van der Waals surface area contributed by atoms with E-state index in [0.29, 0.717) is 6.42 Å². The maximum Gasteiger partial charge on any atom is 0.223 e. The standard InChI is InChI=1S/C16H27NO2.C2H6/c1-3-15(2)11-10-13-17-16(19)12-8-6-4-5-7-9-14-18;1-2/h3,10-11,13,18H,1,4-9,12,14H2,2H3,(H,17,19);1-2H3/b13-10+,15-11-;. The van der Waals surface area contributed by atoms with Crippen molar-refractivity contribution in [1.82, 2.24) is 5.32 Å². The maximum absolute atomic E-state index is 11.5. The molecule has 1 amide bonds. The van der Waals surface area contributed by atoms with Crippen molar-refractivity contribution in [3.8, 4) is 0 Å². The van der Waals surface area contributed by atoms with Crippen molar-refractivity contribution in [1.29, 1.82) is 0 Å². The number of hydrogen-bond donors (Lipinski definition) is 2. The Morgan fingerprint density at radius 2 is 1.67 bits per heavy atom. The van der Waals surface area contributed by atoms with Crippen molar-refractivity contribution in [3.63, 3.8) is 0 Å². The van der Waals surface area contributed by atoms with E-state index in [1.165, 1.54) is 0 Å². The molecular formula is C18H33NO2. The molecule has 3 heteroatoms. The van der Waals surface area contributed by atoms with Gasteiger partial charge < -0.3 is 10.4 Å². The van der Waals surface area contributed by atoms with E-state index in [4.69, 9.17) is 5.11 Å². The van der Waals surface area contributed by atoms with Crippen molar-refractivity contribution in [3.05, 3.63) is 36.6 Å². The molecule has 0 aromatic carbocycles. The van der Waals surface area contributed by atoms with Crippen LogP contribution in [0.4, 0.5) is 0 Å². The second-order valence-corrected chi connectivity index (χ2v) is 4.64. The molecule has 0 aliphatic rings. The van der Waals surface area contributed by atoms with Crippen LogP contribution in [0.2, 0.25) is 0 Å². The van der Waals surface area contributed by atoms with Gasteiger partial charge in [0.2, 0.25) is 5.91 Å². The molecule has 0 atom stereocenters. The van der Waals surface area contributed by atoms with Gasteiger partial charge in [-0.25, -0.2) is 0 Å². The third kappa shape index (κ3) is 18.6. The van der Waals surface area contributed by atoms with Gasteiger partial charge in [-0.2, -0.15) is 0 Å². The molecule has 0 saturated carbocycles. The predicted molar refractivity (Wildman–Crippen MR) is 92.0 cm³/mol. The van der Waals surface area contributed by atoms with Gasteiger partial charge in [-0.1, -0.05) is 63.8 Å². The maximum atomic E-state index is 11.5. The minimum atomic E-state index is 0.0660. The second kappa shape index (κ2) is 18.7. The molecular weight excluding hydrogens is 262 g/mol. The van der Waals surface area contributed by atoms with Gasteiger partial charge in [0.1, 0.15) is 0 Å². The van der Waals surface area contributed by atoms with E-state index in [2.05, 4.69) is 11.9 Å². The van der Waals surface area contributed by atoms with E-state index in [1.54, 1.807) is 12.3 Å². The van der Waals surface area contributed by atoms with Crippen LogP contribution in [-0.4, -0.2) is 17.6 Å². The van der Waals surface area contributed by atoms with E-state index in [-0.39, 0.29) is 12.5 Å². The first-order valence-electron chi connectivity index (χ1n) is 8.06. The Hall–Kier alpha value is -1.35. The van der Waals surface area contributed by atoms with Crippen LogP contribution in [0, 0.1) is 0 Å². The minimum Gasteiger partial charge on any atom is -0.396 e. The molecule has 0 aliphatic carbocycles. The highest BCUT2D eigenvalue weighted by atomic mass is 16.2. The third-order valence-electron chi connectivity index (χ3n) is 2.83. The lowest BCUT2D eigenvalue weighted by Crippen LogP contribution is -2.16. The van der Waals surface area contributed by atoms with Crippen molar-refractivity contribution in [2.45, 2.75) is 65.7 Å². The smallest absolute Gasteiger partial charge is 0.223 e. The highest BCUT2D eigenvalue weighted by Crippen LogP contribution is 2.06. The van der Waals surface area contributed by atoms with E-state index < -0.39 is 0 Å². The fourth-order valence-corrected chi connectivity index (χ4v) is 1.59. The minimum absolute atomic E-state index is 0.0660. The fraction of sp³-hybridized carbons (Fsp3) is 0.611. The number of aliphatic hydroxyl groups is 1. The first-order valence-corrected chi connectivity index (χ1v) is 8.06. The molecule has 0 unspecified atom stereocenters. The Bertz CT molecular complexity index is 306. The largest absolute Gasteiger partial charge is 0.396 e. The molecule has 0 bridgehead atoms. The van der Waals surface area contributed by atoms with Gasteiger partial charge in [0, 0.05) is 19.2 Å². The molecule has 0 aromatic heterocycles. The summed E-state index contributed by atoms with van der Waals surface area (Å²) in [7, 11) is 0. The summed E-state index contributed by atoms with van der Waals surface area (Å²) in [4.78, 5) is 11.5. The Morgan fingerprint density at radius 1 is 1.10 bits per heavy atom. The van der Waals surface area contributed by atoms with Gasteiger partial charge in [0.25, 0.3) is 0 Å². The van der Waals surface area contributed by atoms with Gasteiger partial charge in [-0.3, -0.25) is 4.79 Å². The average Bonchev–Trinajstić information content (AvgIpc) is 2.52. The lowest BCUT2D eigenvalue weighted by atomic mass is 10.1. The quantitative estimate of drug-likeness (QED) is 0.435. The first kappa shape index (κ1) is 21.9. The number of hydrogen-bond acceptors (Lipinski definition) is 2. The van der Waals surface area contributed by atoms with E-state index in [1.807, 2.05) is 32.9 Å². The molecule has 21 heavy (non-hydrogen) atoms. The van der Waals surface area contributed by atoms with Crippen molar-refractivity contribution < 1.29 is 9.90 Å². The van der Waals surface area contributed by atoms with Gasteiger partial charge in [0.15, 0.2) is 0 Å². The van der Waals surface area contributed by atoms with Crippen molar-refractivity contribution in [2.24, 2.45) is 0 Å². The SMILES string of the molecule is C=C/C(C)=C\C=C\NC(=O)CCCCCCCCO.CC. The molecule has 122 valence electrons. The van der Waals surface area contributed by atoms with Crippen LogP contribution < -0.4 is 5.32 Å². The van der Waals surface area contributed by atoms with Crippen molar-refractivity contribution >= 4 is 5.91 Å². The van der Waals surface area contributed by atoms with E-state index in [0.717, 1.165) is 44.1 Å². The summed E-state index contributed by atoms with van der Waals surface area (Å²) in [5, 5.41) is 11.4. The number of unbranched alkanes of at least 4 members (excludes halogenated alkanes) is 5. The lowest BCUT2D eigenvalue weighted by molar-refractivity contribution is -0.120. The van der Waals surface area contributed by atoms with Gasteiger partial charge in [-0.15, -0.1) is 0 Å². The zero-order valence-corrected chi connectivity index (χ0v) is 14.0. The van der Waals surface area contributed by atoms with Crippen LogP contribution in [0.25, 0.3) is 0 Å². The molecule has 0 spiro atoms. The van der Waals surface area contributed by atoms with Crippen LogP contribution in [0.15, 0.2) is 36.6 Å². The molecule has 3 nitrogen and oxygen atoms in total. The Labute approximate surface area is 130 Å². The average molecular weight is 295 g/mol. The van der Waals surface area contributed by atoms with Crippen molar-refractivity contribution in [2.75, 3.05) is 6.61 Å². The van der Waals surface area contributed by atoms with Gasteiger partial charge in [-0.05, 0) is 25.8 Å². The summed E-state index contributed by atoms with van der Waals surface area (Å²) in [6, 6.07) is 0. The van der Waals surface area contributed by atoms with E-state index >= 15 is 0 Å². The number of rotatable bonds is 11. The highest BCUT2D eigenvalue weighted by Gasteiger charge is 1.98. The normalized spacial score (nSPS) is 11.0. The number of amides is 1. The molecule has 2 N–H and O–H groups in total. The lowest BCUT2D eigenvalue weighted by Gasteiger charge is -2.01. The molecule has 0 fully saturated rings. The topological polar surface area (TPSA) is 49.3 Å². The van der Waals surface area contributed by atoms with E-state index in [9.17, 15) is 4.79 Å². The number of aliphatic hydroxyl groups excluding tert-OH is 1. The zero-order valence-electron chi connectivity index (χ0n) is 14.0. The molecule has 0 radical (unpaired) electrons. The molecule has 0 saturated heterocycles. The fourth-order valence-electron chi connectivity index (χ4n) is 1.59. The molecule has 0 aliphatic heterocycles. The first-order chi connectivity index (χ1) is 10.2. The number of carbonyl (C=O) groups excluding carboxylic acids is 1. The number of nitrogens with one attached hydrogen (secondary N) is 1. The monoisotopic (exact) mass is 295 g/mol. The van der Waals surface area contributed by atoms with Gasteiger partial charge >= 0.3 is 0 Å². The molecule has 0 rings (SSSR count). The summed E-state index contributed by atoms with van der Waals surface area (Å²) in [6.07, 6.45) is 14.0. The zero-order chi connectivity index (χ0) is 16.3.